The van der Waals surface area contributed by atoms with E-state index < -0.39 is 18.5 Å². The smallest absolute Gasteiger partial charge is 0.387 e. The van der Waals surface area contributed by atoms with Gasteiger partial charge >= 0.3 is 12.6 Å². The van der Waals surface area contributed by atoms with E-state index in [1.807, 2.05) is 6.07 Å². The number of urea groups is 1. The molecule has 6 nitrogen and oxygen atoms in total. The minimum absolute atomic E-state index is 0.127. The summed E-state index contributed by atoms with van der Waals surface area (Å²) in [5, 5.41) is 7.86. The first-order valence-corrected chi connectivity index (χ1v) is 8.59. The molecule has 3 N–H and O–H groups in total. The predicted octanol–water partition coefficient (Wildman–Crippen LogP) is 5.18. The lowest BCUT2D eigenvalue weighted by Gasteiger charge is -2.12. The summed E-state index contributed by atoms with van der Waals surface area (Å²) >= 11 is 0. The minimum Gasteiger partial charge on any atom is -0.433 e. The van der Waals surface area contributed by atoms with Crippen molar-refractivity contribution in [3.05, 3.63) is 84.4 Å². The Hall–Kier alpha value is -3.94. The minimum atomic E-state index is -3.00. The van der Waals surface area contributed by atoms with Crippen LogP contribution in [0.1, 0.15) is 10.4 Å². The van der Waals surface area contributed by atoms with Gasteiger partial charge in [-0.2, -0.15) is 8.78 Å². The average molecular weight is 397 g/mol. The average Bonchev–Trinajstić information content (AvgIpc) is 2.70. The van der Waals surface area contributed by atoms with Crippen LogP contribution in [0.2, 0.25) is 0 Å². The summed E-state index contributed by atoms with van der Waals surface area (Å²) in [7, 11) is 0. The van der Waals surface area contributed by atoms with E-state index in [2.05, 4.69) is 20.7 Å². The number of amides is 3. The number of alkyl halides is 2. The topological polar surface area (TPSA) is 79.5 Å². The molecule has 3 aromatic rings. The van der Waals surface area contributed by atoms with Crippen LogP contribution in [0.15, 0.2) is 78.9 Å². The van der Waals surface area contributed by atoms with Gasteiger partial charge in [0.05, 0.1) is 5.69 Å². The summed E-state index contributed by atoms with van der Waals surface area (Å²) in [5.41, 5.74) is 1.54. The molecular formula is C21H17F2N3O3. The van der Waals surface area contributed by atoms with Gasteiger partial charge in [-0.1, -0.05) is 30.3 Å². The van der Waals surface area contributed by atoms with E-state index in [4.69, 9.17) is 0 Å². The molecule has 29 heavy (non-hydrogen) atoms. The van der Waals surface area contributed by atoms with E-state index in [1.54, 1.807) is 42.5 Å². The van der Waals surface area contributed by atoms with Gasteiger partial charge in [0.1, 0.15) is 5.75 Å². The van der Waals surface area contributed by atoms with Crippen molar-refractivity contribution in [1.29, 1.82) is 0 Å². The Labute approximate surface area is 165 Å². The molecule has 0 aliphatic rings. The summed E-state index contributed by atoms with van der Waals surface area (Å²) in [4.78, 5) is 24.4. The standard InChI is InChI=1S/C21H17F2N3O3/c22-20(23)29-18-9-5-4-8-17(18)26-19(27)14-10-12-16(13-11-14)25-21(28)24-15-6-2-1-3-7-15/h1-13,20H,(H,26,27)(H2,24,25,28). The highest BCUT2D eigenvalue weighted by molar-refractivity contribution is 6.05. The zero-order valence-corrected chi connectivity index (χ0v) is 15.1. The molecule has 3 aromatic carbocycles. The first-order chi connectivity index (χ1) is 14.0. The molecule has 0 saturated carbocycles. The number of benzene rings is 3. The fourth-order valence-corrected chi connectivity index (χ4v) is 2.48. The van der Waals surface area contributed by atoms with Gasteiger partial charge in [0, 0.05) is 16.9 Å². The molecule has 0 aliphatic carbocycles. The van der Waals surface area contributed by atoms with Crippen LogP contribution < -0.4 is 20.7 Å². The highest BCUT2D eigenvalue weighted by Gasteiger charge is 2.13. The molecule has 0 unspecified atom stereocenters. The number of hydrogen-bond donors (Lipinski definition) is 3. The van der Waals surface area contributed by atoms with Crippen molar-refractivity contribution in [1.82, 2.24) is 0 Å². The molecule has 0 fully saturated rings. The van der Waals surface area contributed by atoms with Crippen LogP contribution >= 0.6 is 0 Å². The summed E-state index contributed by atoms with van der Waals surface area (Å²) < 4.78 is 29.3. The summed E-state index contributed by atoms with van der Waals surface area (Å²) in [6, 6.07) is 20.5. The van der Waals surface area contributed by atoms with Gasteiger partial charge in [-0.05, 0) is 48.5 Å². The molecule has 0 atom stereocenters. The van der Waals surface area contributed by atoms with Crippen molar-refractivity contribution in [3.8, 4) is 5.75 Å². The predicted molar refractivity (Wildman–Crippen MR) is 107 cm³/mol. The molecule has 0 spiro atoms. The zero-order valence-electron chi connectivity index (χ0n) is 15.1. The quantitative estimate of drug-likeness (QED) is 0.536. The summed E-state index contributed by atoms with van der Waals surface area (Å²) in [6.45, 7) is -3.00. The monoisotopic (exact) mass is 397 g/mol. The van der Waals surface area contributed by atoms with Gasteiger partial charge in [-0.25, -0.2) is 4.79 Å². The number of hydrogen-bond acceptors (Lipinski definition) is 3. The van der Waals surface area contributed by atoms with E-state index in [9.17, 15) is 18.4 Å². The van der Waals surface area contributed by atoms with Crippen molar-refractivity contribution in [2.45, 2.75) is 6.61 Å². The second kappa shape index (κ2) is 9.32. The fourth-order valence-electron chi connectivity index (χ4n) is 2.48. The number of nitrogens with one attached hydrogen (secondary N) is 3. The third kappa shape index (κ3) is 5.77. The van der Waals surface area contributed by atoms with Gasteiger partial charge in [-0.3, -0.25) is 4.79 Å². The van der Waals surface area contributed by atoms with Gasteiger partial charge in [0.25, 0.3) is 5.91 Å². The lowest BCUT2D eigenvalue weighted by atomic mass is 10.2. The molecule has 3 rings (SSSR count). The fraction of sp³-hybridized carbons (Fsp3) is 0.0476. The highest BCUT2D eigenvalue weighted by Crippen LogP contribution is 2.26. The Morgan fingerprint density at radius 1 is 0.724 bits per heavy atom. The van der Waals surface area contributed by atoms with Gasteiger partial charge in [0.2, 0.25) is 0 Å². The van der Waals surface area contributed by atoms with Crippen molar-refractivity contribution >= 4 is 29.0 Å². The number of ether oxygens (including phenoxy) is 1. The van der Waals surface area contributed by atoms with E-state index in [-0.39, 0.29) is 17.0 Å². The number of anilines is 3. The lowest BCUT2D eigenvalue weighted by Crippen LogP contribution is -2.19. The van der Waals surface area contributed by atoms with Gasteiger partial charge in [0.15, 0.2) is 0 Å². The number of carbonyl (C=O) groups excluding carboxylic acids is 2. The Morgan fingerprint density at radius 3 is 1.97 bits per heavy atom. The number of rotatable bonds is 6. The molecule has 0 heterocycles. The zero-order chi connectivity index (χ0) is 20.6. The van der Waals surface area contributed by atoms with Crippen LogP contribution in [0, 0.1) is 0 Å². The Bertz CT molecular complexity index is 980. The van der Waals surface area contributed by atoms with Gasteiger partial charge < -0.3 is 20.7 Å². The molecule has 0 radical (unpaired) electrons. The maximum Gasteiger partial charge on any atom is 0.387 e. The van der Waals surface area contributed by atoms with E-state index >= 15 is 0 Å². The molecule has 148 valence electrons. The third-order valence-corrected chi connectivity index (χ3v) is 3.79. The Kier molecular flexibility index (Phi) is 6.36. The van der Waals surface area contributed by atoms with Crippen LogP contribution in [0.25, 0.3) is 0 Å². The number of carbonyl (C=O) groups is 2. The van der Waals surface area contributed by atoms with E-state index in [0.29, 0.717) is 11.4 Å². The lowest BCUT2D eigenvalue weighted by molar-refractivity contribution is -0.0493. The second-order valence-corrected chi connectivity index (χ2v) is 5.85. The Morgan fingerprint density at radius 2 is 1.31 bits per heavy atom. The molecule has 0 aliphatic heterocycles. The van der Waals surface area contributed by atoms with Crippen molar-refractivity contribution in [3.63, 3.8) is 0 Å². The third-order valence-electron chi connectivity index (χ3n) is 3.79. The molecule has 0 aromatic heterocycles. The Balaban J connectivity index is 1.61. The molecule has 0 saturated heterocycles. The maximum absolute atomic E-state index is 12.5. The van der Waals surface area contributed by atoms with Crippen LogP contribution in [-0.4, -0.2) is 18.5 Å². The SMILES string of the molecule is O=C(Nc1ccccc1)Nc1ccc(C(=O)Nc2ccccc2OC(F)F)cc1. The normalized spacial score (nSPS) is 10.3. The second-order valence-electron chi connectivity index (χ2n) is 5.85. The van der Waals surface area contributed by atoms with Crippen LogP contribution in [-0.2, 0) is 0 Å². The first kappa shape index (κ1) is 19.8. The first-order valence-electron chi connectivity index (χ1n) is 8.59. The molecular weight excluding hydrogens is 380 g/mol. The number of halogens is 2. The van der Waals surface area contributed by atoms with Crippen LogP contribution in [0.4, 0.5) is 30.6 Å². The molecule has 8 heteroatoms. The largest absolute Gasteiger partial charge is 0.433 e. The van der Waals surface area contributed by atoms with E-state index in [1.165, 1.54) is 30.3 Å². The van der Waals surface area contributed by atoms with Crippen molar-refractivity contribution in [2.75, 3.05) is 16.0 Å². The molecule has 0 bridgehead atoms. The van der Waals surface area contributed by atoms with Gasteiger partial charge in [-0.15, -0.1) is 0 Å². The number of para-hydroxylation sites is 3. The van der Waals surface area contributed by atoms with Crippen molar-refractivity contribution < 1.29 is 23.1 Å². The molecule has 3 amide bonds. The van der Waals surface area contributed by atoms with Crippen molar-refractivity contribution in [2.24, 2.45) is 0 Å². The highest BCUT2D eigenvalue weighted by atomic mass is 19.3. The maximum atomic E-state index is 12.5. The summed E-state index contributed by atoms with van der Waals surface area (Å²) in [6.07, 6.45) is 0. The van der Waals surface area contributed by atoms with Crippen LogP contribution in [0.5, 0.6) is 5.75 Å². The summed E-state index contributed by atoms with van der Waals surface area (Å²) in [5.74, 6) is -0.637. The van der Waals surface area contributed by atoms with Crippen LogP contribution in [0.3, 0.4) is 0 Å². The van der Waals surface area contributed by atoms with E-state index in [0.717, 1.165) is 0 Å².